The summed E-state index contributed by atoms with van der Waals surface area (Å²) in [6, 6.07) is 14.4. The predicted molar refractivity (Wildman–Crippen MR) is 124 cm³/mol. The van der Waals surface area contributed by atoms with E-state index >= 15 is 0 Å². The number of hydrogen-bond donors (Lipinski definition) is 0. The molecule has 0 N–H and O–H groups in total. The molecule has 2 amide bonds. The van der Waals surface area contributed by atoms with Crippen molar-refractivity contribution in [1.29, 1.82) is 0 Å². The normalized spacial score (nSPS) is 21.2. The summed E-state index contributed by atoms with van der Waals surface area (Å²) < 4.78 is 15.3. The van der Waals surface area contributed by atoms with E-state index in [0.29, 0.717) is 19.5 Å². The van der Waals surface area contributed by atoms with Crippen LogP contribution >= 0.6 is 0 Å². The van der Waals surface area contributed by atoms with Crippen molar-refractivity contribution in [3.8, 4) is 0 Å². The standard InChI is InChI=1S/C26H29FN4O2/c1-18-6-4-5-13-30(18)25(33)17-31-23-8-3-2-7-22(23)28-26(31)20-14-24(32)29(16-20)15-19-9-11-21(27)12-10-19/h2-3,7-12,18,20H,4-6,13-17H2,1H3. The second-order valence-corrected chi connectivity index (χ2v) is 9.28. The van der Waals surface area contributed by atoms with Gasteiger partial charge in [-0.15, -0.1) is 0 Å². The summed E-state index contributed by atoms with van der Waals surface area (Å²) in [5.41, 5.74) is 2.67. The monoisotopic (exact) mass is 448 g/mol. The molecule has 0 bridgehead atoms. The molecule has 2 fully saturated rings. The van der Waals surface area contributed by atoms with Crippen LogP contribution in [-0.4, -0.2) is 50.3 Å². The number of rotatable bonds is 5. The zero-order chi connectivity index (χ0) is 22.9. The Labute approximate surface area is 193 Å². The second-order valence-electron chi connectivity index (χ2n) is 9.28. The van der Waals surface area contributed by atoms with Crippen molar-refractivity contribution in [1.82, 2.24) is 19.4 Å². The SMILES string of the molecule is CC1CCCCN1C(=O)Cn1c(C2CC(=O)N(Cc3ccc(F)cc3)C2)nc2ccccc21. The van der Waals surface area contributed by atoms with E-state index in [9.17, 15) is 14.0 Å². The number of piperidine rings is 1. The van der Waals surface area contributed by atoms with Crippen LogP contribution in [0, 0.1) is 5.82 Å². The van der Waals surface area contributed by atoms with E-state index < -0.39 is 0 Å². The molecular formula is C26H29FN4O2. The third kappa shape index (κ3) is 4.36. The summed E-state index contributed by atoms with van der Waals surface area (Å²) >= 11 is 0. The zero-order valence-corrected chi connectivity index (χ0v) is 18.9. The van der Waals surface area contributed by atoms with Gasteiger partial charge in [-0.2, -0.15) is 0 Å². The molecule has 0 aliphatic carbocycles. The summed E-state index contributed by atoms with van der Waals surface area (Å²) in [6.45, 7) is 4.14. The Hall–Kier alpha value is -3.22. The van der Waals surface area contributed by atoms with Gasteiger partial charge in [0.1, 0.15) is 18.2 Å². The number of para-hydroxylation sites is 2. The molecule has 33 heavy (non-hydrogen) atoms. The number of nitrogens with zero attached hydrogens (tertiary/aromatic N) is 4. The topological polar surface area (TPSA) is 58.4 Å². The number of carbonyl (C=O) groups excluding carboxylic acids is 2. The molecule has 0 spiro atoms. The van der Waals surface area contributed by atoms with Gasteiger partial charge in [0.05, 0.1) is 11.0 Å². The lowest BCUT2D eigenvalue weighted by molar-refractivity contribution is -0.135. The average Bonchev–Trinajstić information content (AvgIpc) is 3.36. The average molecular weight is 449 g/mol. The van der Waals surface area contributed by atoms with Crippen LogP contribution in [-0.2, 0) is 22.7 Å². The first-order valence-electron chi connectivity index (χ1n) is 11.8. The smallest absolute Gasteiger partial charge is 0.242 e. The Kier molecular flexibility index (Phi) is 5.87. The van der Waals surface area contributed by atoms with Crippen LogP contribution in [0.1, 0.15) is 49.9 Å². The number of fused-ring (bicyclic) bond motifs is 1. The number of amides is 2. The number of hydrogen-bond acceptors (Lipinski definition) is 3. The molecule has 7 heteroatoms. The maximum atomic E-state index is 13.3. The first-order valence-corrected chi connectivity index (χ1v) is 11.8. The number of imidazole rings is 1. The van der Waals surface area contributed by atoms with E-state index in [1.165, 1.54) is 12.1 Å². The lowest BCUT2D eigenvalue weighted by atomic mass is 10.0. The van der Waals surface area contributed by atoms with Gasteiger partial charge in [-0.3, -0.25) is 9.59 Å². The highest BCUT2D eigenvalue weighted by molar-refractivity contribution is 5.83. The summed E-state index contributed by atoms with van der Waals surface area (Å²) in [5, 5.41) is 0. The van der Waals surface area contributed by atoms with Crippen molar-refractivity contribution in [3.63, 3.8) is 0 Å². The number of benzene rings is 2. The molecule has 5 rings (SSSR count). The van der Waals surface area contributed by atoms with E-state index in [-0.39, 0.29) is 36.1 Å². The van der Waals surface area contributed by atoms with Crippen molar-refractivity contribution < 1.29 is 14.0 Å². The van der Waals surface area contributed by atoms with Gasteiger partial charge in [0.2, 0.25) is 11.8 Å². The number of likely N-dealkylation sites (tertiary alicyclic amines) is 2. The number of halogens is 1. The van der Waals surface area contributed by atoms with Gasteiger partial charge in [0.15, 0.2) is 0 Å². The molecule has 0 saturated carbocycles. The van der Waals surface area contributed by atoms with Crippen molar-refractivity contribution >= 4 is 22.8 Å². The van der Waals surface area contributed by atoms with Crippen molar-refractivity contribution in [2.75, 3.05) is 13.1 Å². The van der Waals surface area contributed by atoms with E-state index in [0.717, 1.165) is 48.2 Å². The Morgan fingerprint density at radius 3 is 2.70 bits per heavy atom. The molecule has 2 unspecified atom stereocenters. The maximum absolute atomic E-state index is 13.3. The molecule has 172 valence electrons. The second kappa shape index (κ2) is 8.96. The van der Waals surface area contributed by atoms with E-state index in [4.69, 9.17) is 4.98 Å². The van der Waals surface area contributed by atoms with E-state index in [1.54, 1.807) is 17.0 Å². The molecule has 2 aliphatic rings. The highest BCUT2D eigenvalue weighted by Gasteiger charge is 2.35. The first kappa shape index (κ1) is 21.6. The predicted octanol–water partition coefficient (Wildman–Crippen LogP) is 4.09. The van der Waals surface area contributed by atoms with Gasteiger partial charge in [-0.05, 0) is 56.0 Å². The minimum atomic E-state index is -0.286. The van der Waals surface area contributed by atoms with Crippen LogP contribution in [0.15, 0.2) is 48.5 Å². The van der Waals surface area contributed by atoms with Crippen molar-refractivity contribution in [2.45, 2.75) is 57.7 Å². The molecule has 2 atom stereocenters. The third-order valence-corrected chi connectivity index (χ3v) is 6.97. The fourth-order valence-corrected chi connectivity index (χ4v) is 5.17. The van der Waals surface area contributed by atoms with Crippen LogP contribution in [0.4, 0.5) is 4.39 Å². The fourth-order valence-electron chi connectivity index (χ4n) is 5.17. The molecule has 0 radical (unpaired) electrons. The summed E-state index contributed by atoms with van der Waals surface area (Å²) in [4.78, 5) is 34.7. The minimum absolute atomic E-state index is 0.0545. The van der Waals surface area contributed by atoms with Crippen LogP contribution in [0.5, 0.6) is 0 Å². The van der Waals surface area contributed by atoms with Gasteiger partial charge in [0, 0.05) is 38.0 Å². The Morgan fingerprint density at radius 2 is 1.91 bits per heavy atom. The van der Waals surface area contributed by atoms with Crippen LogP contribution in [0.2, 0.25) is 0 Å². The lowest BCUT2D eigenvalue weighted by Gasteiger charge is -2.33. The van der Waals surface area contributed by atoms with E-state index in [1.807, 2.05) is 33.7 Å². The summed E-state index contributed by atoms with van der Waals surface area (Å²) in [6.07, 6.45) is 3.61. The van der Waals surface area contributed by atoms with Gasteiger partial charge in [-0.25, -0.2) is 9.37 Å². The Balaban J connectivity index is 1.40. The Bertz CT molecular complexity index is 1170. The number of aromatic nitrogens is 2. The van der Waals surface area contributed by atoms with Crippen LogP contribution in [0.25, 0.3) is 11.0 Å². The third-order valence-electron chi connectivity index (χ3n) is 6.97. The quantitative estimate of drug-likeness (QED) is 0.591. The molecular weight excluding hydrogens is 419 g/mol. The molecule has 1 aromatic heterocycles. The first-order chi connectivity index (χ1) is 16.0. The van der Waals surface area contributed by atoms with Crippen LogP contribution < -0.4 is 0 Å². The molecule has 2 saturated heterocycles. The van der Waals surface area contributed by atoms with Gasteiger partial charge < -0.3 is 14.4 Å². The van der Waals surface area contributed by atoms with Crippen LogP contribution in [0.3, 0.4) is 0 Å². The van der Waals surface area contributed by atoms with Crippen molar-refractivity contribution in [3.05, 3.63) is 65.7 Å². The minimum Gasteiger partial charge on any atom is -0.338 e. The van der Waals surface area contributed by atoms with Gasteiger partial charge in [-0.1, -0.05) is 24.3 Å². The van der Waals surface area contributed by atoms with Gasteiger partial charge in [0.25, 0.3) is 0 Å². The number of carbonyl (C=O) groups is 2. The molecule has 6 nitrogen and oxygen atoms in total. The summed E-state index contributed by atoms with van der Waals surface area (Å²) in [5.74, 6) is 0.588. The van der Waals surface area contributed by atoms with E-state index in [2.05, 4.69) is 6.92 Å². The van der Waals surface area contributed by atoms with Crippen molar-refractivity contribution in [2.24, 2.45) is 0 Å². The van der Waals surface area contributed by atoms with Gasteiger partial charge >= 0.3 is 0 Å². The fraction of sp³-hybridized carbons (Fsp3) is 0.423. The maximum Gasteiger partial charge on any atom is 0.242 e. The molecule has 2 aliphatic heterocycles. The zero-order valence-electron chi connectivity index (χ0n) is 18.9. The molecule has 3 aromatic rings. The summed E-state index contributed by atoms with van der Waals surface area (Å²) in [7, 11) is 0. The molecule has 2 aromatic carbocycles. The Morgan fingerprint density at radius 1 is 1.12 bits per heavy atom. The highest BCUT2D eigenvalue weighted by atomic mass is 19.1. The highest BCUT2D eigenvalue weighted by Crippen LogP contribution is 2.31. The largest absolute Gasteiger partial charge is 0.338 e. The molecule has 3 heterocycles. The lowest BCUT2D eigenvalue weighted by Crippen LogP contribution is -2.43.